The van der Waals surface area contributed by atoms with Crippen LogP contribution in [0, 0.1) is 6.92 Å². The van der Waals surface area contributed by atoms with Crippen LogP contribution in [-0.4, -0.2) is 17.9 Å². The number of hydrogen-bond acceptors (Lipinski definition) is 2. The molecule has 0 aliphatic heterocycles. The molecule has 2 N–H and O–H groups in total. The second kappa shape index (κ2) is 7.43. The summed E-state index contributed by atoms with van der Waals surface area (Å²) in [7, 11) is 1.79. The fourth-order valence-electron chi connectivity index (χ4n) is 2.34. The Hall–Kier alpha value is -1.84. The first-order valence-corrected chi connectivity index (χ1v) is 7.07. The third kappa shape index (κ3) is 4.09. The van der Waals surface area contributed by atoms with Crippen molar-refractivity contribution in [2.24, 2.45) is 5.73 Å². The average molecular weight is 319 g/mol. The van der Waals surface area contributed by atoms with Gasteiger partial charge in [-0.1, -0.05) is 60.2 Å². The minimum atomic E-state index is -1.01. The number of halogens is 1. The minimum Gasteiger partial charge on any atom is -0.340 e. The Morgan fingerprint density at radius 2 is 1.64 bits per heavy atom. The largest absolute Gasteiger partial charge is 0.340 e. The van der Waals surface area contributed by atoms with Gasteiger partial charge in [-0.25, -0.2) is 0 Å². The molecule has 1 amide bonds. The lowest BCUT2D eigenvalue weighted by molar-refractivity contribution is -0.136. The van der Waals surface area contributed by atoms with Crippen LogP contribution >= 0.6 is 12.4 Å². The van der Waals surface area contributed by atoms with E-state index in [2.05, 4.69) is 0 Å². The zero-order valence-corrected chi connectivity index (χ0v) is 14.1. The minimum absolute atomic E-state index is 0. The van der Waals surface area contributed by atoms with Gasteiger partial charge in [-0.05, 0) is 25.0 Å². The van der Waals surface area contributed by atoms with Crippen LogP contribution in [0.3, 0.4) is 0 Å². The molecule has 22 heavy (non-hydrogen) atoms. The first-order valence-electron chi connectivity index (χ1n) is 7.07. The standard InChI is InChI=1S/C18H22N2O.ClH/c1-14-9-11-15(12-10-14)13-20(3)17(21)18(2,19)16-7-5-4-6-8-16;/h4-12H,13,19H2,1-3H3;1H. The van der Waals surface area contributed by atoms with Gasteiger partial charge >= 0.3 is 0 Å². The fourth-order valence-corrected chi connectivity index (χ4v) is 2.34. The molecule has 118 valence electrons. The van der Waals surface area contributed by atoms with Gasteiger partial charge < -0.3 is 10.6 Å². The van der Waals surface area contributed by atoms with Gasteiger partial charge in [-0.15, -0.1) is 12.4 Å². The quantitative estimate of drug-likeness (QED) is 0.940. The molecule has 1 atom stereocenters. The molecule has 2 rings (SSSR count). The van der Waals surface area contributed by atoms with Gasteiger partial charge in [0, 0.05) is 13.6 Å². The van der Waals surface area contributed by atoms with Crippen molar-refractivity contribution in [2.45, 2.75) is 25.9 Å². The highest BCUT2D eigenvalue weighted by Crippen LogP contribution is 2.20. The maximum atomic E-state index is 12.6. The zero-order valence-electron chi connectivity index (χ0n) is 13.2. The van der Waals surface area contributed by atoms with Gasteiger partial charge in [0.2, 0.25) is 5.91 Å². The van der Waals surface area contributed by atoms with E-state index < -0.39 is 5.54 Å². The normalized spacial score (nSPS) is 12.9. The third-order valence-electron chi connectivity index (χ3n) is 3.70. The van der Waals surface area contributed by atoms with Crippen molar-refractivity contribution in [3.8, 4) is 0 Å². The second-order valence-corrected chi connectivity index (χ2v) is 5.72. The predicted octanol–water partition coefficient (Wildman–Crippen LogP) is 3.25. The Morgan fingerprint density at radius 1 is 1.09 bits per heavy atom. The highest BCUT2D eigenvalue weighted by Gasteiger charge is 2.32. The van der Waals surface area contributed by atoms with E-state index in [1.54, 1.807) is 18.9 Å². The Bertz CT molecular complexity index is 609. The summed E-state index contributed by atoms with van der Waals surface area (Å²) in [6, 6.07) is 17.7. The molecule has 2 aromatic carbocycles. The summed E-state index contributed by atoms with van der Waals surface area (Å²) >= 11 is 0. The molecule has 0 aliphatic rings. The average Bonchev–Trinajstić information content (AvgIpc) is 2.49. The van der Waals surface area contributed by atoms with E-state index in [-0.39, 0.29) is 18.3 Å². The lowest BCUT2D eigenvalue weighted by atomic mass is 9.91. The van der Waals surface area contributed by atoms with Gasteiger partial charge in [0.05, 0.1) is 0 Å². The fraction of sp³-hybridized carbons (Fsp3) is 0.278. The number of rotatable bonds is 4. The van der Waals surface area contributed by atoms with Crippen molar-refractivity contribution in [2.75, 3.05) is 7.05 Å². The molecule has 4 heteroatoms. The zero-order chi connectivity index (χ0) is 15.5. The molecule has 0 spiro atoms. The summed E-state index contributed by atoms with van der Waals surface area (Å²) in [5.41, 5.74) is 8.39. The molecule has 2 aromatic rings. The molecular weight excluding hydrogens is 296 g/mol. The van der Waals surface area contributed by atoms with E-state index in [4.69, 9.17) is 5.73 Å². The van der Waals surface area contributed by atoms with Gasteiger partial charge in [0.1, 0.15) is 5.54 Å². The van der Waals surface area contributed by atoms with Gasteiger partial charge in [-0.2, -0.15) is 0 Å². The molecule has 0 aliphatic carbocycles. The highest BCUT2D eigenvalue weighted by molar-refractivity contribution is 5.86. The molecule has 0 aromatic heterocycles. The highest BCUT2D eigenvalue weighted by atomic mass is 35.5. The van der Waals surface area contributed by atoms with Crippen LogP contribution in [0.5, 0.6) is 0 Å². The van der Waals surface area contributed by atoms with E-state index in [1.807, 2.05) is 61.5 Å². The number of nitrogens with zero attached hydrogens (tertiary/aromatic N) is 1. The van der Waals surface area contributed by atoms with Crippen LogP contribution in [0.2, 0.25) is 0 Å². The van der Waals surface area contributed by atoms with E-state index in [0.717, 1.165) is 11.1 Å². The number of likely N-dealkylation sites (N-methyl/N-ethyl adjacent to an activating group) is 1. The van der Waals surface area contributed by atoms with E-state index in [1.165, 1.54) is 5.56 Å². The summed E-state index contributed by atoms with van der Waals surface area (Å²) in [5, 5.41) is 0. The van der Waals surface area contributed by atoms with Crippen molar-refractivity contribution >= 4 is 18.3 Å². The van der Waals surface area contributed by atoms with Crippen LogP contribution in [0.1, 0.15) is 23.6 Å². The van der Waals surface area contributed by atoms with Crippen LogP contribution in [0.25, 0.3) is 0 Å². The smallest absolute Gasteiger partial charge is 0.247 e. The molecule has 0 radical (unpaired) electrons. The van der Waals surface area contributed by atoms with Crippen molar-refractivity contribution in [1.82, 2.24) is 4.90 Å². The Kier molecular flexibility index (Phi) is 6.15. The van der Waals surface area contributed by atoms with Crippen molar-refractivity contribution in [1.29, 1.82) is 0 Å². The van der Waals surface area contributed by atoms with Crippen LogP contribution in [0.15, 0.2) is 54.6 Å². The van der Waals surface area contributed by atoms with E-state index in [9.17, 15) is 4.79 Å². The SMILES string of the molecule is Cc1ccc(CN(C)C(=O)C(C)(N)c2ccccc2)cc1.Cl. The van der Waals surface area contributed by atoms with Crippen molar-refractivity contribution in [3.05, 3.63) is 71.3 Å². The summed E-state index contributed by atoms with van der Waals surface area (Å²) in [4.78, 5) is 14.3. The van der Waals surface area contributed by atoms with Crippen molar-refractivity contribution in [3.63, 3.8) is 0 Å². The molecule has 0 bridgehead atoms. The van der Waals surface area contributed by atoms with Gasteiger partial charge in [0.15, 0.2) is 0 Å². The lowest BCUT2D eigenvalue weighted by Gasteiger charge is -2.29. The Balaban J connectivity index is 0.00000242. The first kappa shape index (κ1) is 18.2. The second-order valence-electron chi connectivity index (χ2n) is 5.72. The number of carbonyl (C=O) groups is 1. The molecular formula is C18H23ClN2O. The van der Waals surface area contributed by atoms with Crippen LogP contribution < -0.4 is 5.73 Å². The van der Waals surface area contributed by atoms with E-state index >= 15 is 0 Å². The molecule has 1 unspecified atom stereocenters. The number of amides is 1. The number of hydrogen-bond donors (Lipinski definition) is 1. The number of aryl methyl sites for hydroxylation is 1. The monoisotopic (exact) mass is 318 g/mol. The Morgan fingerprint density at radius 3 is 2.18 bits per heavy atom. The maximum Gasteiger partial charge on any atom is 0.247 e. The van der Waals surface area contributed by atoms with Gasteiger partial charge in [0.25, 0.3) is 0 Å². The number of carbonyl (C=O) groups excluding carboxylic acids is 1. The predicted molar refractivity (Wildman–Crippen MR) is 92.9 cm³/mol. The molecule has 0 fully saturated rings. The number of nitrogens with two attached hydrogens (primary N) is 1. The summed E-state index contributed by atoms with van der Waals surface area (Å²) < 4.78 is 0. The third-order valence-corrected chi connectivity index (χ3v) is 3.70. The summed E-state index contributed by atoms with van der Waals surface area (Å²) in [6.45, 7) is 4.36. The molecule has 0 saturated heterocycles. The van der Waals surface area contributed by atoms with Crippen LogP contribution in [-0.2, 0) is 16.9 Å². The van der Waals surface area contributed by atoms with Crippen LogP contribution in [0.4, 0.5) is 0 Å². The molecule has 0 saturated carbocycles. The summed E-state index contributed by atoms with van der Waals surface area (Å²) in [6.07, 6.45) is 0. The topological polar surface area (TPSA) is 46.3 Å². The Labute approximate surface area is 138 Å². The lowest BCUT2D eigenvalue weighted by Crippen LogP contribution is -2.49. The van der Waals surface area contributed by atoms with E-state index in [0.29, 0.717) is 6.54 Å². The first-order chi connectivity index (χ1) is 9.91. The summed E-state index contributed by atoms with van der Waals surface area (Å²) in [5.74, 6) is -0.0886. The molecule has 3 nitrogen and oxygen atoms in total. The van der Waals surface area contributed by atoms with Gasteiger partial charge in [-0.3, -0.25) is 4.79 Å². The maximum absolute atomic E-state index is 12.6. The van der Waals surface area contributed by atoms with Crippen molar-refractivity contribution < 1.29 is 4.79 Å². The number of benzene rings is 2. The molecule has 0 heterocycles.